The van der Waals surface area contributed by atoms with Crippen molar-refractivity contribution in [3.63, 3.8) is 0 Å². The fourth-order valence-electron chi connectivity index (χ4n) is 3.61. The fourth-order valence-corrected chi connectivity index (χ4v) is 3.61. The van der Waals surface area contributed by atoms with Crippen LogP contribution >= 0.6 is 0 Å². The Morgan fingerprint density at radius 3 is 2.81 bits per heavy atom. The van der Waals surface area contributed by atoms with E-state index in [0.29, 0.717) is 11.1 Å². The van der Waals surface area contributed by atoms with Gasteiger partial charge in [0.1, 0.15) is 0 Å². The Labute approximate surface area is 159 Å². The molecule has 2 aromatic heterocycles. The van der Waals surface area contributed by atoms with Gasteiger partial charge in [-0.2, -0.15) is 0 Å². The highest BCUT2D eigenvalue weighted by Gasteiger charge is 2.30. The molecular weight excluding hydrogens is 346 g/mol. The van der Waals surface area contributed by atoms with Gasteiger partial charge in [-0.15, -0.1) is 0 Å². The minimum Gasteiger partial charge on any atom is -0.449 e. The number of likely N-dealkylation sites (tertiary alicyclic amines) is 1. The summed E-state index contributed by atoms with van der Waals surface area (Å²) in [5.41, 5.74) is 1.42. The van der Waals surface area contributed by atoms with Gasteiger partial charge in [-0.05, 0) is 44.6 Å². The van der Waals surface area contributed by atoms with Crippen LogP contribution in [0.25, 0.3) is 11.1 Å². The largest absolute Gasteiger partial charge is 0.449 e. The molecule has 0 bridgehead atoms. The van der Waals surface area contributed by atoms with E-state index in [1.165, 1.54) is 6.20 Å². The van der Waals surface area contributed by atoms with Crippen molar-refractivity contribution in [2.24, 2.45) is 0 Å². The Balaban J connectivity index is 1.73. The Bertz CT molecular complexity index is 830. The molecule has 0 radical (unpaired) electrons. The number of esters is 1. The molecule has 3 rings (SSSR count). The number of aromatic nitrogens is 2. The van der Waals surface area contributed by atoms with Gasteiger partial charge in [0.25, 0.3) is 11.6 Å². The molecule has 27 heavy (non-hydrogen) atoms. The number of rotatable bonds is 5. The number of carbonyl (C=O) groups excluding carboxylic acids is 2. The summed E-state index contributed by atoms with van der Waals surface area (Å²) in [4.78, 5) is 31.3. The van der Waals surface area contributed by atoms with Crippen LogP contribution in [-0.2, 0) is 9.53 Å². The second kappa shape index (κ2) is 8.06. The van der Waals surface area contributed by atoms with Gasteiger partial charge in [-0.1, -0.05) is 25.9 Å². The molecule has 3 heterocycles. The highest BCUT2D eigenvalue weighted by molar-refractivity contribution is 5.95. The van der Waals surface area contributed by atoms with Crippen molar-refractivity contribution in [2.45, 2.75) is 71.4 Å². The number of fused-ring (bicyclic) bond motifs is 1. The molecular formula is C20H27N3O4. The van der Waals surface area contributed by atoms with Crippen molar-refractivity contribution in [1.82, 2.24) is 15.0 Å². The van der Waals surface area contributed by atoms with E-state index in [2.05, 4.69) is 17.1 Å². The summed E-state index contributed by atoms with van der Waals surface area (Å²) >= 11 is 0. The van der Waals surface area contributed by atoms with E-state index < -0.39 is 12.1 Å². The van der Waals surface area contributed by atoms with Crippen molar-refractivity contribution >= 4 is 23.0 Å². The van der Waals surface area contributed by atoms with Crippen LogP contribution in [0.4, 0.5) is 0 Å². The number of hydrogen-bond acceptors (Lipinski definition) is 6. The van der Waals surface area contributed by atoms with Gasteiger partial charge in [-0.3, -0.25) is 4.79 Å². The summed E-state index contributed by atoms with van der Waals surface area (Å²) in [7, 11) is 0. The molecule has 2 unspecified atom stereocenters. The lowest BCUT2D eigenvalue weighted by Crippen LogP contribution is -2.48. The average Bonchev–Trinajstić information content (AvgIpc) is 3.10. The molecule has 7 heteroatoms. The van der Waals surface area contributed by atoms with Gasteiger partial charge in [-0.25, -0.2) is 9.78 Å². The van der Waals surface area contributed by atoms with Crippen LogP contribution < -0.4 is 0 Å². The summed E-state index contributed by atoms with van der Waals surface area (Å²) in [6, 6.07) is 1.90. The molecule has 2 aromatic rings. The quantitative estimate of drug-likeness (QED) is 0.743. The molecule has 0 aliphatic carbocycles. The van der Waals surface area contributed by atoms with Crippen molar-refractivity contribution in [3.05, 3.63) is 23.5 Å². The Morgan fingerprint density at radius 2 is 2.11 bits per heavy atom. The van der Waals surface area contributed by atoms with Crippen LogP contribution in [0.1, 0.15) is 75.3 Å². The van der Waals surface area contributed by atoms with Gasteiger partial charge < -0.3 is 14.2 Å². The summed E-state index contributed by atoms with van der Waals surface area (Å²) in [5, 5.41) is 4.71. The zero-order valence-electron chi connectivity index (χ0n) is 16.4. The van der Waals surface area contributed by atoms with Crippen molar-refractivity contribution in [3.8, 4) is 0 Å². The van der Waals surface area contributed by atoms with Gasteiger partial charge in [0.05, 0.1) is 16.6 Å². The Kier molecular flexibility index (Phi) is 5.77. The van der Waals surface area contributed by atoms with Gasteiger partial charge >= 0.3 is 5.97 Å². The predicted octanol–water partition coefficient (Wildman–Crippen LogP) is 3.68. The third-order valence-corrected chi connectivity index (χ3v) is 5.15. The standard InChI is InChI=1S/C20H27N3O4/c1-5-15-8-6-7-9-23(15)19(24)13(4)26-20(25)14-10-16-17(12(2)3)22-27-18(16)21-11-14/h10-13,15H,5-9H2,1-4H3. The van der Waals surface area contributed by atoms with Crippen molar-refractivity contribution < 1.29 is 18.8 Å². The first-order chi connectivity index (χ1) is 12.9. The van der Waals surface area contributed by atoms with Crippen molar-refractivity contribution in [2.75, 3.05) is 6.54 Å². The molecule has 1 aliphatic rings. The second-order valence-corrected chi connectivity index (χ2v) is 7.44. The Morgan fingerprint density at radius 1 is 1.33 bits per heavy atom. The number of hydrogen-bond donors (Lipinski definition) is 0. The third-order valence-electron chi connectivity index (χ3n) is 5.15. The maximum absolute atomic E-state index is 12.8. The van der Waals surface area contributed by atoms with Crippen molar-refractivity contribution in [1.29, 1.82) is 0 Å². The second-order valence-electron chi connectivity index (χ2n) is 7.44. The number of carbonyl (C=O) groups is 2. The van der Waals surface area contributed by atoms with E-state index in [9.17, 15) is 9.59 Å². The van der Waals surface area contributed by atoms with Gasteiger partial charge in [0.2, 0.25) is 0 Å². The molecule has 1 aliphatic heterocycles. The zero-order chi connectivity index (χ0) is 19.6. The fraction of sp³-hybridized carbons (Fsp3) is 0.600. The summed E-state index contributed by atoms with van der Waals surface area (Å²) in [6.45, 7) is 8.42. The molecule has 1 saturated heterocycles. The molecule has 7 nitrogen and oxygen atoms in total. The van der Waals surface area contributed by atoms with E-state index in [0.717, 1.165) is 37.9 Å². The van der Waals surface area contributed by atoms with E-state index in [-0.39, 0.29) is 23.4 Å². The number of pyridine rings is 1. The maximum Gasteiger partial charge on any atom is 0.340 e. The number of nitrogens with zero attached hydrogens (tertiary/aromatic N) is 3. The van der Waals surface area contributed by atoms with Crippen LogP contribution in [0.3, 0.4) is 0 Å². The SMILES string of the molecule is CCC1CCCCN1C(=O)C(C)OC(=O)c1cnc2onc(C(C)C)c2c1. The van der Waals surface area contributed by atoms with Crippen LogP contribution in [0.5, 0.6) is 0 Å². The highest BCUT2D eigenvalue weighted by Crippen LogP contribution is 2.25. The summed E-state index contributed by atoms with van der Waals surface area (Å²) in [6.07, 6.45) is 4.63. The smallest absolute Gasteiger partial charge is 0.340 e. The average molecular weight is 373 g/mol. The number of piperidine rings is 1. The first-order valence-electron chi connectivity index (χ1n) is 9.69. The number of ether oxygens (including phenoxy) is 1. The first kappa shape index (κ1) is 19.3. The third kappa shape index (κ3) is 3.96. The normalized spacial score (nSPS) is 18.7. The molecule has 1 amide bonds. The van der Waals surface area contributed by atoms with Crippen LogP contribution in [0, 0.1) is 0 Å². The molecule has 1 fully saturated rings. The van der Waals surface area contributed by atoms with E-state index in [1.807, 2.05) is 18.7 Å². The summed E-state index contributed by atoms with van der Waals surface area (Å²) in [5.74, 6) is -0.548. The zero-order valence-corrected chi connectivity index (χ0v) is 16.4. The topological polar surface area (TPSA) is 85.5 Å². The lowest BCUT2D eigenvalue weighted by Gasteiger charge is -2.36. The maximum atomic E-state index is 12.8. The summed E-state index contributed by atoms with van der Waals surface area (Å²) < 4.78 is 10.6. The molecule has 0 saturated carbocycles. The van der Waals surface area contributed by atoms with Crippen LogP contribution in [0.2, 0.25) is 0 Å². The van der Waals surface area contributed by atoms with Gasteiger partial charge in [0.15, 0.2) is 6.10 Å². The van der Waals surface area contributed by atoms with E-state index >= 15 is 0 Å². The predicted molar refractivity (Wildman–Crippen MR) is 100 cm³/mol. The molecule has 0 aromatic carbocycles. The molecule has 146 valence electrons. The van der Waals surface area contributed by atoms with E-state index in [4.69, 9.17) is 9.26 Å². The van der Waals surface area contributed by atoms with Crippen LogP contribution in [0.15, 0.2) is 16.8 Å². The molecule has 2 atom stereocenters. The highest BCUT2D eigenvalue weighted by atomic mass is 16.5. The van der Waals surface area contributed by atoms with Crippen LogP contribution in [-0.4, -0.2) is 45.6 Å². The lowest BCUT2D eigenvalue weighted by molar-refractivity contribution is -0.143. The van der Waals surface area contributed by atoms with Gasteiger partial charge in [0, 0.05) is 18.8 Å². The first-order valence-corrected chi connectivity index (χ1v) is 9.69. The minimum absolute atomic E-state index is 0.128. The minimum atomic E-state index is -0.826. The number of amides is 1. The molecule has 0 spiro atoms. The monoisotopic (exact) mass is 373 g/mol. The Hall–Kier alpha value is -2.44. The van der Waals surface area contributed by atoms with E-state index in [1.54, 1.807) is 13.0 Å². The molecule has 0 N–H and O–H groups in total. The lowest BCUT2D eigenvalue weighted by atomic mass is 9.99.